The minimum absolute atomic E-state index is 0.150. The van der Waals surface area contributed by atoms with Crippen molar-refractivity contribution in [2.45, 2.75) is 50.9 Å². The molecule has 0 N–H and O–H groups in total. The minimum Gasteiger partial charge on any atom is -0.310 e. The van der Waals surface area contributed by atoms with Gasteiger partial charge in [-0.15, -0.1) is 0 Å². The van der Waals surface area contributed by atoms with Crippen LogP contribution in [0.25, 0.3) is 44.5 Å². The lowest BCUT2D eigenvalue weighted by Gasteiger charge is -2.36. The van der Waals surface area contributed by atoms with Crippen LogP contribution in [0.2, 0.25) is 0 Å². The van der Waals surface area contributed by atoms with E-state index in [1.54, 1.807) is 0 Å². The summed E-state index contributed by atoms with van der Waals surface area (Å²) in [5.74, 6) is 0. The number of hydrogen-bond acceptors (Lipinski definition) is 1. The molecule has 70 heavy (non-hydrogen) atoms. The summed E-state index contributed by atoms with van der Waals surface area (Å²) in [7, 11) is -2.89. The molecule has 1 aliphatic heterocycles. The third-order valence-electron chi connectivity index (χ3n) is 16.7. The van der Waals surface area contributed by atoms with Gasteiger partial charge in [0.05, 0.1) is 5.41 Å². The average molecular weight is 912 g/mol. The molecule has 10 aromatic carbocycles. The molecule has 1 nitrogen and oxygen atoms in total. The number of benzene rings is 10. The van der Waals surface area contributed by atoms with E-state index in [1.165, 1.54) is 110 Å². The van der Waals surface area contributed by atoms with Gasteiger partial charge in [0.1, 0.15) is 0 Å². The summed E-state index contributed by atoms with van der Waals surface area (Å²) < 4.78 is 0. The van der Waals surface area contributed by atoms with E-state index >= 15 is 0 Å². The Morgan fingerprint density at radius 2 is 0.743 bits per heavy atom. The molecule has 1 spiro atoms. The Balaban J connectivity index is 1.08. The van der Waals surface area contributed by atoms with E-state index in [-0.39, 0.29) is 10.8 Å². The van der Waals surface area contributed by atoms with E-state index in [2.05, 4.69) is 270 Å². The predicted molar refractivity (Wildman–Crippen MR) is 296 cm³/mol. The second-order valence-electron chi connectivity index (χ2n) is 21.6. The fourth-order valence-electron chi connectivity index (χ4n) is 13.6. The molecule has 0 radical (unpaired) electrons. The van der Waals surface area contributed by atoms with Crippen LogP contribution in [-0.2, 0) is 16.2 Å². The van der Waals surface area contributed by atoms with Gasteiger partial charge in [-0.25, -0.2) is 0 Å². The molecule has 14 rings (SSSR count). The molecule has 2 heteroatoms. The van der Waals surface area contributed by atoms with Gasteiger partial charge in [0, 0.05) is 22.5 Å². The Hall–Kier alpha value is -7.78. The lowest BCUT2D eigenvalue weighted by Crippen LogP contribution is -2.73. The quantitative estimate of drug-likeness (QED) is 0.156. The van der Waals surface area contributed by atoms with Crippen molar-refractivity contribution in [1.29, 1.82) is 0 Å². The van der Waals surface area contributed by atoms with Crippen LogP contribution in [0.5, 0.6) is 0 Å². The number of fused-ring (bicyclic) bond motifs is 16. The van der Waals surface area contributed by atoms with Crippen molar-refractivity contribution in [2.24, 2.45) is 0 Å². The predicted octanol–water partition coefficient (Wildman–Crippen LogP) is 14.5. The van der Waals surface area contributed by atoms with Gasteiger partial charge >= 0.3 is 0 Å². The van der Waals surface area contributed by atoms with Gasteiger partial charge in [-0.1, -0.05) is 229 Å². The summed E-state index contributed by atoms with van der Waals surface area (Å²) in [5, 5.41) is 5.72. The van der Waals surface area contributed by atoms with Gasteiger partial charge in [0.25, 0.3) is 0 Å². The molecule has 334 valence electrons. The van der Waals surface area contributed by atoms with Gasteiger partial charge in [0.2, 0.25) is 0 Å². The molecule has 0 fully saturated rings. The molecular weight excluding hydrogens is 859 g/mol. The summed E-state index contributed by atoms with van der Waals surface area (Å²) in [6, 6.07) is 88.9. The largest absolute Gasteiger partial charge is 0.310 e. The number of anilines is 3. The molecular formula is C68H53NSi. The Bertz CT molecular complexity index is 3700. The Morgan fingerprint density at radius 3 is 1.27 bits per heavy atom. The molecule has 1 heterocycles. The summed E-state index contributed by atoms with van der Waals surface area (Å²) >= 11 is 0. The third-order valence-corrected chi connectivity index (χ3v) is 21.5. The average Bonchev–Trinajstić information content (AvgIpc) is 4.05. The first-order valence-electron chi connectivity index (χ1n) is 25.0. The molecule has 0 saturated carbocycles. The smallest absolute Gasteiger partial charge is 0.180 e. The van der Waals surface area contributed by atoms with Crippen LogP contribution in [0, 0.1) is 0 Å². The first-order valence-corrected chi connectivity index (χ1v) is 27.0. The van der Waals surface area contributed by atoms with E-state index in [0.29, 0.717) is 0 Å². The first kappa shape index (κ1) is 41.2. The highest BCUT2D eigenvalue weighted by atomic mass is 28.3. The van der Waals surface area contributed by atoms with E-state index < -0.39 is 13.5 Å². The number of nitrogens with zero attached hydrogens (tertiary/aromatic N) is 1. The van der Waals surface area contributed by atoms with Gasteiger partial charge in [-0.3, -0.25) is 0 Å². The minimum atomic E-state index is -2.89. The molecule has 0 aromatic heterocycles. The molecule has 0 bridgehead atoms. The molecule has 0 amide bonds. The highest BCUT2D eigenvalue weighted by Crippen LogP contribution is 2.63. The summed E-state index contributed by atoms with van der Waals surface area (Å²) in [6.07, 6.45) is 0. The van der Waals surface area contributed by atoms with Crippen molar-refractivity contribution >= 4 is 45.9 Å². The Labute approximate surface area is 413 Å². The molecule has 0 unspecified atom stereocenters. The lowest BCUT2D eigenvalue weighted by molar-refractivity contribution is 0.591. The van der Waals surface area contributed by atoms with Crippen molar-refractivity contribution in [3.8, 4) is 44.5 Å². The highest BCUT2D eigenvalue weighted by molar-refractivity contribution is 7.22. The maximum absolute atomic E-state index is 2.89. The molecule has 0 saturated heterocycles. The van der Waals surface area contributed by atoms with Gasteiger partial charge < -0.3 is 4.90 Å². The Morgan fingerprint density at radius 1 is 0.329 bits per heavy atom. The molecule has 3 aliphatic carbocycles. The fraction of sp³-hybridized carbons (Fsp3) is 0.118. The van der Waals surface area contributed by atoms with Crippen LogP contribution < -0.4 is 25.6 Å². The maximum Gasteiger partial charge on any atom is 0.180 e. The van der Waals surface area contributed by atoms with E-state index in [4.69, 9.17) is 0 Å². The molecule has 4 aliphatic rings. The van der Waals surface area contributed by atoms with Crippen molar-refractivity contribution < 1.29 is 0 Å². The van der Waals surface area contributed by atoms with Gasteiger partial charge in [-0.05, 0) is 146 Å². The second-order valence-corrected chi connectivity index (χ2v) is 25.3. The van der Waals surface area contributed by atoms with Crippen LogP contribution in [0.4, 0.5) is 17.1 Å². The van der Waals surface area contributed by atoms with Gasteiger partial charge in [-0.2, -0.15) is 0 Å². The number of hydrogen-bond donors (Lipinski definition) is 0. The standard InChI is InChI=1S/C68H53NSi/c1-66(2,3)44-39-47(41-49(40-44)70(48-21-7-6-8-22-48)64-33-19-13-27-56(64)57-28-14-20-34-65(57)70)69(45-35-37-54-50-23-9-15-29-58(50)67(4,5)62(54)42-45)46-36-38-55-53-26-12-18-32-61(53)68(63(55)43-46)59-30-16-10-24-51(59)52-25-11-17-31-60(52)68/h6-43H,1-5H3. The maximum atomic E-state index is 2.61. The van der Waals surface area contributed by atoms with E-state index in [9.17, 15) is 0 Å². The van der Waals surface area contributed by atoms with Crippen LogP contribution >= 0.6 is 0 Å². The van der Waals surface area contributed by atoms with Crippen LogP contribution in [0.3, 0.4) is 0 Å². The summed E-state index contributed by atoms with van der Waals surface area (Å²) in [6.45, 7) is 12.0. The van der Waals surface area contributed by atoms with Crippen molar-refractivity contribution in [3.63, 3.8) is 0 Å². The van der Waals surface area contributed by atoms with Crippen molar-refractivity contribution in [1.82, 2.24) is 0 Å². The summed E-state index contributed by atoms with van der Waals surface area (Å²) in [4.78, 5) is 2.61. The molecule has 0 atom stereocenters. The SMILES string of the molecule is CC(C)(C)c1cc(N(c2ccc3c(c2)C(C)(C)c2ccccc2-3)c2ccc3c(c2)C2(c4ccccc4-c4ccccc42)c2ccccc2-3)cc([Si]2(c3ccccc3)c3ccccc3-c3ccccc32)c1. The van der Waals surface area contributed by atoms with E-state index in [0.717, 1.165) is 11.4 Å². The van der Waals surface area contributed by atoms with Crippen LogP contribution in [0.15, 0.2) is 231 Å². The van der Waals surface area contributed by atoms with Gasteiger partial charge in [0.15, 0.2) is 8.07 Å². The monoisotopic (exact) mass is 911 g/mol. The van der Waals surface area contributed by atoms with Crippen LogP contribution in [0.1, 0.15) is 73.6 Å². The van der Waals surface area contributed by atoms with Crippen molar-refractivity contribution in [2.75, 3.05) is 4.90 Å². The summed E-state index contributed by atoms with van der Waals surface area (Å²) in [5.41, 5.74) is 22.8. The zero-order valence-electron chi connectivity index (χ0n) is 40.4. The zero-order valence-corrected chi connectivity index (χ0v) is 41.4. The topological polar surface area (TPSA) is 3.24 Å². The molecule has 10 aromatic rings. The Kier molecular flexibility index (Phi) is 8.61. The second kappa shape index (κ2) is 14.6. The third kappa shape index (κ3) is 5.37. The highest BCUT2D eigenvalue weighted by Gasteiger charge is 2.52. The fourth-order valence-corrected chi connectivity index (χ4v) is 18.8. The van der Waals surface area contributed by atoms with Crippen molar-refractivity contribution in [3.05, 3.63) is 269 Å². The van der Waals surface area contributed by atoms with E-state index in [1.807, 2.05) is 0 Å². The lowest BCUT2D eigenvalue weighted by atomic mass is 9.70. The number of rotatable bonds is 5. The zero-order chi connectivity index (χ0) is 47.1. The normalized spacial score (nSPS) is 15.3. The van der Waals surface area contributed by atoms with Crippen LogP contribution in [-0.4, -0.2) is 8.07 Å². The first-order chi connectivity index (χ1) is 34.1.